The van der Waals surface area contributed by atoms with E-state index < -0.39 is 6.10 Å². The molecule has 1 aromatic heterocycles. The molecule has 0 bridgehead atoms. The van der Waals surface area contributed by atoms with Gasteiger partial charge in [-0.15, -0.1) is 0 Å². The Kier molecular flexibility index (Phi) is 7.76. The first-order valence-corrected chi connectivity index (χ1v) is 9.73. The van der Waals surface area contributed by atoms with Crippen LogP contribution in [0.25, 0.3) is 10.9 Å². The van der Waals surface area contributed by atoms with Crippen molar-refractivity contribution in [2.24, 2.45) is 0 Å². The highest BCUT2D eigenvalue weighted by atomic mass is 16.5. The van der Waals surface area contributed by atoms with Crippen LogP contribution in [0.4, 0.5) is 5.69 Å². The molecule has 28 heavy (non-hydrogen) atoms. The summed E-state index contributed by atoms with van der Waals surface area (Å²) in [5, 5.41) is 15.1. The second-order valence-corrected chi connectivity index (χ2v) is 6.44. The molecule has 0 fully saturated rings. The lowest BCUT2D eigenvalue weighted by Crippen LogP contribution is -2.25. The van der Waals surface area contributed by atoms with E-state index in [-0.39, 0.29) is 0 Å². The van der Waals surface area contributed by atoms with E-state index in [9.17, 15) is 5.11 Å². The number of anilines is 1. The highest BCUT2D eigenvalue weighted by molar-refractivity contribution is 5.85. The molecule has 0 aliphatic carbocycles. The summed E-state index contributed by atoms with van der Waals surface area (Å²) in [5.74, 6) is 1.42. The number of para-hydroxylation sites is 1. The zero-order valence-corrected chi connectivity index (χ0v) is 17.7. The Morgan fingerprint density at radius 2 is 1.75 bits per heavy atom. The Morgan fingerprint density at radius 3 is 2.43 bits per heavy atom. The van der Waals surface area contributed by atoms with Crippen molar-refractivity contribution in [2.45, 2.75) is 40.3 Å². The SMILES string of the molecule is CC.COc1ccc(NCC(O)Cn2c(C)c(C)c3ccccc32)c(OC)c1. The van der Waals surface area contributed by atoms with Crippen molar-refractivity contribution in [2.75, 3.05) is 26.1 Å². The molecule has 0 radical (unpaired) electrons. The Hall–Kier alpha value is -2.66. The van der Waals surface area contributed by atoms with Crippen LogP contribution in [0.5, 0.6) is 11.5 Å². The Labute approximate surface area is 167 Å². The van der Waals surface area contributed by atoms with Gasteiger partial charge in [0.1, 0.15) is 11.5 Å². The van der Waals surface area contributed by atoms with E-state index in [2.05, 4.69) is 35.9 Å². The molecular formula is C23H32N2O3. The van der Waals surface area contributed by atoms with E-state index in [0.717, 1.165) is 17.0 Å². The summed E-state index contributed by atoms with van der Waals surface area (Å²) < 4.78 is 12.8. The summed E-state index contributed by atoms with van der Waals surface area (Å²) in [4.78, 5) is 0. The highest BCUT2D eigenvalue weighted by Gasteiger charge is 2.14. The number of ether oxygens (including phenoxy) is 2. The third kappa shape index (κ3) is 4.60. The quantitative estimate of drug-likeness (QED) is 0.616. The lowest BCUT2D eigenvalue weighted by Gasteiger charge is -2.17. The van der Waals surface area contributed by atoms with Crippen LogP contribution in [0, 0.1) is 13.8 Å². The molecule has 1 atom stereocenters. The lowest BCUT2D eigenvalue weighted by atomic mass is 10.2. The van der Waals surface area contributed by atoms with E-state index in [1.165, 1.54) is 16.6 Å². The van der Waals surface area contributed by atoms with Crippen LogP contribution >= 0.6 is 0 Å². The Morgan fingerprint density at radius 1 is 1.04 bits per heavy atom. The molecule has 0 saturated carbocycles. The molecule has 5 nitrogen and oxygen atoms in total. The van der Waals surface area contributed by atoms with Crippen LogP contribution in [0.15, 0.2) is 42.5 Å². The first-order chi connectivity index (χ1) is 13.5. The first kappa shape index (κ1) is 21.6. The predicted octanol–water partition coefficient (Wildman–Crippen LogP) is 4.77. The van der Waals surface area contributed by atoms with Crippen molar-refractivity contribution in [1.29, 1.82) is 0 Å². The van der Waals surface area contributed by atoms with Crippen molar-refractivity contribution in [3.63, 3.8) is 0 Å². The number of rotatable bonds is 7. The fraction of sp³-hybridized carbons (Fsp3) is 0.391. The fourth-order valence-electron chi connectivity index (χ4n) is 3.29. The molecule has 152 valence electrons. The van der Waals surface area contributed by atoms with E-state index in [4.69, 9.17) is 9.47 Å². The number of aryl methyl sites for hydroxylation is 1. The van der Waals surface area contributed by atoms with Gasteiger partial charge in [0, 0.05) is 29.2 Å². The molecule has 1 unspecified atom stereocenters. The molecule has 0 saturated heterocycles. The minimum atomic E-state index is -0.532. The first-order valence-electron chi connectivity index (χ1n) is 9.73. The number of nitrogens with one attached hydrogen (secondary N) is 1. The van der Waals surface area contributed by atoms with Crippen LogP contribution in [-0.2, 0) is 6.54 Å². The average molecular weight is 385 g/mol. The van der Waals surface area contributed by atoms with E-state index in [1.54, 1.807) is 14.2 Å². The van der Waals surface area contributed by atoms with Crippen LogP contribution in [0.2, 0.25) is 0 Å². The third-order valence-electron chi connectivity index (χ3n) is 4.88. The molecule has 0 aliphatic rings. The van der Waals surface area contributed by atoms with E-state index >= 15 is 0 Å². The number of hydrogen-bond acceptors (Lipinski definition) is 4. The maximum absolute atomic E-state index is 10.6. The summed E-state index contributed by atoms with van der Waals surface area (Å²) in [7, 11) is 3.24. The van der Waals surface area contributed by atoms with Gasteiger partial charge in [-0.05, 0) is 37.6 Å². The second-order valence-electron chi connectivity index (χ2n) is 6.44. The Bertz CT molecular complexity index is 902. The monoisotopic (exact) mass is 384 g/mol. The van der Waals surface area contributed by atoms with Crippen LogP contribution in [0.3, 0.4) is 0 Å². The van der Waals surface area contributed by atoms with Gasteiger partial charge in [0.15, 0.2) is 0 Å². The van der Waals surface area contributed by atoms with Gasteiger partial charge < -0.3 is 24.5 Å². The summed E-state index contributed by atoms with van der Waals surface area (Å²) in [6.45, 7) is 9.18. The summed E-state index contributed by atoms with van der Waals surface area (Å²) in [6, 6.07) is 13.9. The van der Waals surface area contributed by atoms with E-state index in [0.29, 0.717) is 18.8 Å². The van der Waals surface area contributed by atoms with Crippen molar-refractivity contribution in [3.05, 3.63) is 53.7 Å². The number of aliphatic hydroxyl groups excluding tert-OH is 1. The van der Waals surface area contributed by atoms with Crippen molar-refractivity contribution >= 4 is 16.6 Å². The number of hydrogen-bond donors (Lipinski definition) is 2. The molecular weight excluding hydrogens is 352 g/mol. The van der Waals surface area contributed by atoms with Crippen molar-refractivity contribution in [1.82, 2.24) is 4.57 Å². The number of nitrogens with zero attached hydrogens (tertiary/aromatic N) is 1. The van der Waals surface area contributed by atoms with Gasteiger partial charge in [-0.3, -0.25) is 0 Å². The van der Waals surface area contributed by atoms with Crippen LogP contribution in [0.1, 0.15) is 25.1 Å². The molecule has 0 amide bonds. The maximum Gasteiger partial charge on any atom is 0.145 e. The van der Waals surface area contributed by atoms with Crippen LogP contribution in [-0.4, -0.2) is 36.5 Å². The van der Waals surface area contributed by atoms with Gasteiger partial charge in [0.25, 0.3) is 0 Å². The maximum atomic E-state index is 10.6. The van der Waals surface area contributed by atoms with Crippen molar-refractivity contribution in [3.8, 4) is 11.5 Å². The molecule has 0 aliphatic heterocycles. The van der Waals surface area contributed by atoms with Gasteiger partial charge in [-0.25, -0.2) is 0 Å². The number of fused-ring (bicyclic) bond motifs is 1. The number of aromatic nitrogens is 1. The van der Waals surface area contributed by atoms with Gasteiger partial charge in [0.05, 0.1) is 32.6 Å². The molecule has 2 aromatic carbocycles. The van der Waals surface area contributed by atoms with Gasteiger partial charge in [-0.1, -0.05) is 32.0 Å². The van der Waals surface area contributed by atoms with Crippen molar-refractivity contribution < 1.29 is 14.6 Å². The van der Waals surface area contributed by atoms with Crippen LogP contribution < -0.4 is 14.8 Å². The van der Waals surface area contributed by atoms with Gasteiger partial charge in [0.2, 0.25) is 0 Å². The number of methoxy groups -OCH3 is 2. The fourth-order valence-corrected chi connectivity index (χ4v) is 3.29. The number of benzene rings is 2. The van der Waals surface area contributed by atoms with E-state index in [1.807, 2.05) is 44.2 Å². The molecule has 0 spiro atoms. The Balaban J connectivity index is 0.00000136. The summed E-state index contributed by atoms with van der Waals surface area (Å²) >= 11 is 0. The molecule has 2 N–H and O–H groups in total. The topological polar surface area (TPSA) is 55.6 Å². The van der Waals surface area contributed by atoms with Gasteiger partial charge >= 0.3 is 0 Å². The smallest absolute Gasteiger partial charge is 0.145 e. The zero-order valence-electron chi connectivity index (χ0n) is 17.7. The lowest BCUT2D eigenvalue weighted by molar-refractivity contribution is 0.167. The highest BCUT2D eigenvalue weighted by Crippen LogP contribution is 2.29. The molecule has 3 aromatic rings. The minimum absolute atomic E-state index is 0.424. The van der Waals surface area contributed by atoms with Gasteiger partial charge in [-0.2, -0.15) is 0 Å². The molecule has 5 heteroatoms. The predicted molar refractivity (Wildman–Crippen MR) is 117 cm³/mol. The normalized spacial score (nSPS) is 11.5. The largest absolute Gasteiger partial charge is 0.497 e. The third-order valence-corrected chi connectivity index (χ3v) is 4.88. The summed E-state index contributed by atoms with van der Waals surface area (Å²) in [5.41, 5.74) is 4.44. The second kappa shape index (κ2) is 10.0. The number of aliphatic hydroxyl groups is 1. The zero-order chi connectivity index (χ0) is 20.7. The summed E-state index contributed by atoms with van der Waals surface area (Å²) in [6.07, 6.45) is -0.532. The molecule has 1 heterocycles. The minimum Gasteiger partial charge on any atom is -0.497 e. The average Bonchev–Trinajstić information content (AvgIpc) is 2.98. The molecule has 3 rings (SSSR count). The standard InChI is InChI=1S/C21H26N2O3.C2H6/c1-14-15(2)23(20-8-6-5-7-18(14)20)13-16(24)12-22-19-10-9-17(25-3)11-21(19)26-4;1-2/h5-11,16,22,24H,12-13H2,1-4H3;1-2H3.